The lowest BCUT2D eigenvalue weighted by atomic mass is 10.7. The van der Waals surface area contributed by atoms with E-state index in [1.54, 1.807) is 5.48 Å². The van der Waals surface area contributed by atoms with Gasteiger partial charge in [-0.05, 0) is 0 Å². The summed E-state index contributed by atoms with van der Waals surface area (Å²) >= 11 is 0. The molecule has 9 heteroatoms. The summed E-state index contributed by atoms with van der Waals surface area (Å²) in [5, 5.41) is 0. The van der Waals surface area contributed by atoms with Crippen molar-refractivity contribution in [3.05, 3.63) is 0 Å². The zero-order valence-corrected chi connectivity index (χ0v) is 7.80. The van der Waals surface area contributed by atoms with Crippen LogP contribution in [0.2, 0.25) is 0 Å². The highest BCUT2D eigenvalue weighted by Gasteiger charge is 2.41. The molecule has 6 nitrogen and oxygen atoms in total. The van der Waals surface area contributed by atoms with Gasteiger partial charge >= 0.3 is 12.1 Å². The highest BCUT2D eigenvalue weighted by atomic mass is 19.4. The number of hydrogen-bond acceptors (Lipinski definition) is 4. The summed E-state index contributed by atoms with van der Waals surface area (Å²) in [6.07, 6.45) is -5.07. The number of methoxy groups -OCH3 is 1. The number of ether oxygens (including phenoxy) is 1. The third kappa shape index (κ3) is 6.55. The van der Waals surface area contributed by atoms with Crippen molar-refractivity contribution in [3.8, 4) is 0 Å². The van der Waals surface area contributed by atoms with Gasteiger partial charge in [0.1, 0.15) is 0 Å². The number of carbonyl (C=O) groups is 1. The summed E-state index contributed by atoms with van der Waals surface area (Å²) in [4.78, 5) is 17.2. The molecule has 0 aliphatic heterocycles. The Morgan fingerprint density at radius 3 is 2.60 bits per heavy atom. The van der Waals surface area contributed by atoms with Crippen molar-refractivity contribution in [2.24, 2.45) is 10.7 Å². The molecule has 15 heavy (non-hydrogen) atoms. The molecular formula is C6H10F3N3O3. The fraction of sp³-hybridized carbons (Fsp3) is 0.667. The molecule has 3 N–H and O–H groups in total. The highest BCUT2D eigenvalue weighted by Crippen LogP contribution is 2.15. The molecule has 0 amide bonds. The molecular weight excluding hydrogens is 219 g/mol. The van der Waals surface area contributed by atoms with Crippen LogP contribution in [0.3, 0.4) is 0 Å². The van der Waals surface area contributed by atoms with Crippen molar-refractivity contribution < 1.29 is 27.5 Å². The van der Waals surface area contributed by atoms with Crippen molar-refractivity contribution in [2.45, 2.75) is 6.18 Å². The standard InChI is InChI=1S/C6H10F3N3O3/c1-14-3-2-11-5(10)12-15-4(13)6(7,8)9/h2-3H2,1H3,(H3,10,11,12). The second kappa shape index (κ2) is 6.06. The summed E-state index contributed by atoms with van der Waals surface area (Å²) in [6, 6.07) is 0. The molecule has 0 saturated heterocycles. The molecule has 0 saturated carbocycles. The first-order valence-electron chi connectivity index (χ1n) is 3.70. The number of guanidine groups is 1. The first-order valence-corrected chi connectivity index (χ1v) is 3.70. The summed E-state index contributed by atoms with van der Waals surface area (Å²) in [6.45, 7) is 0.383. The van der Waals surface area contributed by atoms with E-state index in [2.05, 4.69) is 14.6 Å². The number of nitrogens with one attached hydrogen (secondary N) is 1. The first-order chi connectivity index (χ1) is 6.88. The van der Waals surface area contributed by atoms with Crippen LogP contribution in [0, 0.1) is 0 Å². The molecule has 0 aromatic carbocycles. The third-order valence-corrected chi connectivity index (χ3v) is 1.06. The minimum absolute atomic E-state index is 0.138. The predicted octanol–water partition coefficient (Wildman–Crippen LogP) is -0.442. The molecule has 0 unspecified atom stereocenters. The van der Waals surface area contributed by atoms with E-state index in [0.29, 0.717) is 0 Å². The number of alkyl halides is 3. The maximum absolute atomic E-state index is 11.6. The molecule has 0 bridgehead atoms. The van der Waals surface area contributed by atoms with Crippen LogP contribution < -0.4 is 11.2 Å². The fourth-order valence-corrected chi connectivity index (χ4v) is 0.446. The topological polar surface area (TPSA) is 85.9 Å². The largest absolute Gasteiger partial charge is 0.493 e. The molecule has 0 rings (SSSR count). The summed E-state index contributed by atoms with van der Waals surface area (Å²) in [7, 11) is 1.42. The normalized spacial score (nSPS) is 12.4. The number of hydrogen-bond donors (Lipinski definition) is 2. The van der Waals surface area contributed by atoms with Crippen LogP contribution in [0.5, 0.6) is 0 Å². The average molecular weight is 229 g/mol. The SMILES string of the molecule is COCCN=C(N)NOC(=O)C(F)(F)F. The number of hydroxylamine groups is 1. The Balaban J connectivity index is 3.85. The van der Waals surface area contributed by atoms with E-state index in [-0.39, 0.29) is 13.2 Å². The molecule has 0 aliphatic carbocycles. The lowest BCUT2D eigenvalue weighted by Gasteiger charge is -2.07. The zero-order valence-electron chi connectivity index (χ0n) is 7.80. The van der Waals surface area contributed by atoms with E-state index < -0.39 is 18.1 Å². The Morgan fingerprint density at radius 2 is 2.13 bits per heavy atom. The number of nitrogens with zero attached hydrogens (tertiary/aromatic N) is 1. The van der Waals surface area contributed by atoms with Gasteiger partial charge in [0.05, 0.1) is 13.2 Å². The van der Waals surface area contributed by atoms with Crippen LogP contribution in [0.15, 0.2) is 4.99 Å². The van der Waals surface area contributed by atoms with Gasteiger partial charge in [0.2, 0.25) is 5.96 Å². The van der Waals surface area contributed by atoms with E-state index in [1.807, 2.05) is 0 Å². The highest BCUT2D eigenvalue weighted by molar-refractivity contribution is 5.81. The third-order valence-electron chi connectivity index (χ3n) is 1.06. The molecule has 0 spiro atoms. The van der Waals surface area contributed by atoms with Crippen molar-refractivity contribution in [3.63, 3.8) is 0 Å². The van der Waals surface area contributed by atoms with E-state index in [9.17, 15) is 18.0 Å². The number of rotatable bonds is 3. The van der Waals surface area contributed by atoms with Gasteiger partial charge in [-0.3, -0.25) is 0 Å². The molecule has 0 heterocycles. The van der Waals surface area contributed by atoms with Gasteiger partial charge in [-0.15, -0.1) is 0 Å². The van der Waals surface area contributed by atoms with E-state index >= 15 is 0 Å². The Morgan fingerprint density at radius 1 is 1.53 bits per heavy atom. The van der Waals surface area contributed by atoms with Crippen molar-refractivity contribution in [2.75, 3.05) is 20.3 Å². The summed E-state index contributed by atoms with van der Waals surface area (Å²) in [5.41, 5.74) is 6.60. The van der Waals surface area contributed by atoms with Crippen molar-refractivity contribution in [1.29, 1.82) is 0 Å². The number of aliphatic imine (C=N–C) groups is 1. The smallest absolute Gasteiger partial charge is 0.383 e. The number of halogens is 3. The summed E-state index contributed by atoms with van der Waals surface area (Å²) in [5.74, 6) is -2.84. The number of nitrogens with two attached hydrogens (primary N) is 1. The van der Waals surface area contributed by atoms with E-state index in [1.165, 1.54) is 7.11 Å². The van der Waals surface area contributed by atoms with Crippen LogP contribution in [-0.2, 0) is 14.4 Å². The molecule has 88 valence electrons. The monoisotopic (exact) mass is 229 g/mol. The predicted molar refractivity (Wildman–Crippen MR) is 43.6 cm³/mol. The van der Waals surface area contributed by atoms with Crippen LogP contribution in [0.25, 0.3) is 0 Å². The van der Waals surface area contributed by atoms with Gasteiger partial charge in [0.25, 0.3) is 0 Å². The Hall–Kier alpha value is -1.51. The minimum atomic E-state index is -5.07. The second-order valence-corrected chi connectivity index (χ2v) is 2.25. The Labute approximate surface area is 83.2 Å². The lowest BCUT2D eigenvalue weighted by molar-refractivity contribution is -0.203. The second-order valence-electron chi connectivity index (χ2n) is 2.25. The van der Waals surface area contributed by atoms with Crippen molar-refractivity contribution in [1.82, 2.24) is 5.48 Å². The van der Waals surface area contributed by atoms with Gasteiger partial charge in [-0.2, -0.15) is 18.7 Å². The van der Waals surface area contributed by atoms with Crippen LogP contribution in [0.4, 0.5) is 13.2 Å². The molecule has 0 fully saturated rings. The van der Waals surface area contributed by atoms with Crippen LogP contribution >= 0.6 is 0 Å². The maximum Gasteiger partial charge on any atom is 0.493 e. The maximum atomic E-state index is 11.6. The fourth-order valence-electron chi connectivity index (χ4n) is 0.446. The lowest BCUT2D eigenvalue weighted by Crippen LogP contribution is -2.38. The van der Waals surface area contributed by atoms with Gasteiger partial charge in [0.15, 0.2) is 0 Å². The summed E-state index contributed by atoms with van der Waals surface area (Å²) < 4.78 is 39.4. The van der Waals surface area contributed by atoms with Gasteiger partial charge in [-0.1, -0.05) is 0 Å². The Kier molecular flexibility index (Phi) is 5.45. The Bertz CT molecular complexity index is 242. The van der Waals surface area contributed by atoms with Gasteiger partial charge in [-0.25, -0.2) is 9.79 Å². The quantitative estimate of drug-likeness (QED) is 0.296. The molecule has 0 aromatic rings. The van der Waals surface area contributed by atoms with Crippen molar-refractivity contribution >= 4 is 11.9 Å². The molecule has 0 atom stereocenters. The molecule has 0 aromatic heterocycles. The van der Waals surface area contributed by atoms with Crippen LogP contribution in [0.1, 0.15) is 0 Å². The minimum Gasteiger partial charge on any atom is -0.383 e. The van der Waals surface area contributed by atoms with Crippen LogP contribution in [-0.4, -0.2) is 38.4 Å². The average Bonchev–Trinajstić information content (AvgIpc) is 2.13. The van der Waals surface area contributed by atoms with E-state index in [4.69, 9.17) is 5.73 Å². The zero-order chi connectivity index (χ0) is 11.9. The molecule has 0 aliphatic rings. The first kappa shape index (κ1) is 13.5. The van der Waals surface area contributed by atoms with Gasteiger partial charge < -0.3 is 15.3 Å². The van der Waals surface area contributed by atoms with E-state index in [0.717, 1.165) is 0 Å². The van der Waals surface area contributed by atoms with Gasteiger partial charge in [0, 0.05) is 7.11 Å². The number of carbonyl (C=O) groups excluding carboxylic acids is 1. The molecule has 0 radical (unpaired) electrons.